The minimum atomic E-state index is -0.00482. The van der Waals surface area contributed by atoms with Crippen LogP contribution >= 0.6 is 0 Å². The zero-order chi connectivity index (χ0) is 19.8. The van der Waals surface area contributed by atoms with Gasteiger partial charge >= 0.3 is 0 Å². The molecule has 0 spiro atoms. The maximum absolute atomic E-state index is 13.1. The molecule has 0 radical (unpaired) electrons. The third kappa shape index (κ3) is 2.54. The number of carbonyl (C=O) groups is 1. The lowest BCUT2D eigenvalue weighted by molar-refractivity contribution is -0.127. The van der Waals surface area contributed by atoms with E-state index in [2.05, 4.69) is 62.4 Å². The Morgan fingerprint density at radius 2 is 1.86 bits per heavy atom. The molecule has 0 amide bonds. The number of hydrogen-bond acceptors (Lipinski definition) is 2. The summed E-state index contributed by atoms with van der Waals surface area (Å²) < 4.78 is 6.85. The van der Waals surface area contributed by atoms with Gasteiger partial charge in [0, 0.05) is 12.3 Å². The molecule has 5 aliphatic rings. The minimum absolute atomic E-state index is 0.00482. The van der Waals surface area contributed by atoms with E-state index in [1.54, 1.807) is 0 Å². The molecular formula is C27H30O2. The van der Waals surface area contributed by atoms with Gasteiger partial charge in [-0.3, -0.25) is 4.79 Å². The highest BCUT2D eigenvalue weighted by molar-refractivity contribution is 5.85. The van der Waals surface area contributed by atoms with Gasteiger partial charge in [-0.2, -0.15) is 0 Å². The first-order valence-corrected chi connectivity index (χ1v) is 11.4. The summed E-state index contributed by atoms with van der Waals surface area (Å²) in [6.45, 7) is 4.82. The molecule has 2 bridgehead atoms. The van der Waals surface area contributed by atoms with Crippen molar-refractivity contribution in [3.63, 3.8) is 0 Å². The van der Waals surface area contributed by atoms with Gasteiger partial charge in [0.05, 0.1) is 18.1 Å². The lowest BCUT2D eigenvalue weighted by Crippen LogP contribution is -2.51. The van der Waals surface area contributed by atoms with Crippen LogP contribution in [-0.4, -0.2) is 11.9 Å². The number of rotatable bonds is 2. The normalized spacial score (nSPS) is 37.7. The second-order valence-electron chi connectivity index (χ2n) is 10.4. The molecule has 7 rings (SSSR count). The van der Waals surface area contributed by atoms with Crippen molar-refractivity contribution >= 4 is 16.6 Å². The van der Waals surface area contributed by atoms with E-state index in [4.69, 9.17) is 4.74 Å². The zero-order valence-corrected chi connectivity index (χ0v) is 17.4. The Hall–Kier alpha value is -1.93. The fraction of sp³-hybridized carbons (Fsp3) is 0.519. The van der Waals surface area contributed by atoms with Crippen molar-refractivity contribution in [2.75, 3.05) is 0 Å². The van der Waals surface area contributed by atoms with E-state index in [-0.39, 0.29) is 18.1 Å². The molecule has 1 saturated heterocycles. The lowest BCUT2D eigenvalue weighted by Gasteiger charge is -2.57. The molecule has 1 aliphatic heterocycles. The maximum atomic E-state index is 13.1. The van der Waals surface area contributed by atoms with Crippen LogP contribution in [0.15, 0.2) is 54.1 Å². The molecule has 4 aliphatic carbocycles. The van der Waals surface area contributed by atoms with E-state index < -0.39 is 0 Å². The minimum Gasteiger partial charge on any atom is -0.365 e. The average molecular weight is 387 g/mol. The van der Waals surface area contributed by atoms with Gasteiger partial charge in [-0.25, -0.2) is 0 Å². The van der Waals surface area contributed by atoms with E-state index in [0.717, 1.165) is 31.6 Å². The first-order valence-electron chi connectivity index (χ1n) is 11.4. The molecule has 2 aromatic carbocycles. The molecule has 2 nitrogen and oxygen atoms in total. The SMILES string of the molecule is CC1(C)[C@@H]2CC=C([C@@H]3O[C@H](c4ccc5ccccc5c4)[C@@H]4CCCC(=O)[C@@H]43)[C@H]1C2. The van der Waals surface area contributed by atoms with Crippen molar-refractivity contribution in [3.8, 4) is 0 Å². The van der Waals surface area contributed by atoms with Crippen molar-refractivity contribution in [2.45, 2.75) is 58.2 Å². The number of benzene rings is 2. The number of allylic oxidation sites excluding steroid dienone is 1. The molecule has 150 valence electrons. The second kappa shape index (κ2) is 6.28. The summed E-state index contributed by atoms with van der Waals surface area (Å²) in [5.41, 5.74) is 3.06. The molecule has 6 atom stereocenters. The third-order valence-electron chi connectivity index (χ3n) is 8.74. The van der Waals surface area contributed by atoms with Crippen LogP contribution in [-0.2, 0) is 9.53 Å². The standard InChI is InChI=1S/C27H30O2/c1-27(2)19-12-13-20(22(27)15-19)26-24-21(8-5-9-23(24)28)25(29-26)18-11-10-16-6-3-4-7-17(16)14-18/h3-4,6-7,10-11,13-14,19,21-22,24-26H,5,8-9,12,15H2,1-2H3/t19-,21-,22-,24-,25-,26+/m1/s1. The predicted octanol–water partition coefficient (Wildman–Crippen LogP) is 6.26. The van der Waals surface area contributed by atoms with Crippen LogP contribution in [0.3, 0.4) is 0 Å². The number of fused-ring (bicyclic) bond motifs is 3. The van der Waals surface area contributed by atoms with E-state index in [1.807, 2.05) is 0 Å². The summed E-state index contributed by atoms with van der Waals surface area (Å²) in [6.07, 6.45) is 7.77. The van der Waals surface area contributed by atoms with Gasteiger partial charge in [0.2, 0.25) is 0 Å². The quantitative estimate of drug-likeness (QED) is 0.570. The van der Waals surface area contributed by atoms with Gasteiger partial charge in [-0.05, 0) is 70.9 Å². The third-order valence-corrected chi connectivity index (χ3v) is 8.74. The molecule has 0 aromatic heterocycles. The summed E-state index contributed by atoms with van der Waals surface area (Å²) >= 11 is 0. The molecule has 1 heterocycles. The fourth-order valence-electron chi connectivity index (χ4n) is 6.89. The van der Waals surface area contributed by atoms with Gasteiger partial charge in [0.1, 0.15) is 5.78 Å². The van der Waals surface area contributed by atoms with Crippen LogP contribution in [0.5, 0.6) is 0 Å². The summed E-state index contributed by atoms with van der Waals surface area (Å²) in [5, 5.41) is 2.52. The molecule has 2 saturated carbocycles. The Kier molecular flexibility index (Phi) is 3.88. The first-order chi connectivity index (χ1) is 14.0. The van der Waals surface area contributed by atoms with Crippen molar-refractivity contribution in [3.05, 3.63) is 59.7 Å². The van der Waals surface area contributed by atoms with Crippen LogP contribution in [0, 0.1) is 29.1 Å². The zero-order valence-electron chi connectivity index (χ0n) is 17.4. The molecule has 3 fully saturated rings. The van der Waals surface area contributed by atoms with Crippen molar-refractivity contribution in [2.24, 2.45) is 29.1 Å². The van der Waals surface area contributed by atoms with Crippen LogP contribution < -0.4 is 0 Å². The number of ether oxygens (including phenoxy) is 1. The molecule has 29 heavy (non-hydrogen) atoms. The van der Waals surface area contributed by atoms with Crippen LogP contribution in [0.1, 0.15) is 57.6 Å². The van der Waals surface area contributed by atoms with Crippen LogP contribution in [0.2, 0.25) is 0 Å². The second-order valence-corrected chi connectivity index (χ2v) is 10.4. The Labute approximate surface area is 173 Å². The molecule has 0 N–H and O–H groups in total. The number of carbonyl (C=O) groups excluding carboxylic acids is 1. The lowest BCUT2D eigenvalue weighted by atomic mass is 9.47. The van der Waals surface area contributed by atoms with Crippen LogP contribution in [0.25, 0.3) is 10.8 Å². The summed E-state index contributed by atoms with van der Waals surface area (Å²) in [4.78, 5) is 13.1. The number of hydrogen-bond donors (Lipinski definition) is 0. The monoisotopic (exact) mass is 386 g/mol. The van der Waals surface area contributed by atoms with Gasteiger partial charge in [0.15, 0.2) is 0 Å². The van der Waals surface area contributed by atoms with E-state index in [9.17, 15) is 4.79 Å². The van der Waals surface area contributed by atoms with Gasteiger partial charge < -0.3 is 4.74 Å². The van der Waals surface area contributed by atoms with E-state index >= 15 is 0 Å². The van der Waals surface area contributed by atoms with E-state index in [0.29, 0.717) is 23.0 Å². The Morgan fingerprint density at radius 1 is 1.03 bits per heavy atom. The molecule has 0 unspecified atom stereocenters. The fourth-order valence-corrected chi connectivity index (χ4v) is 6.89. The first kappa shape index (κ1) is 17.9. The highest BCUT2D eigenvalue weighted by Crippen LogP contribution is 2.62. The highest BCUT2D eigenvalue weighted by atomic mass is 16.5. The van der Waals surface area contributed by atoms with Gasteiger partial charge in [0.25, 0.3) is 0 Å². The summed E-state index contributed by atoms with van der Waals surface area (Å²) in [5.74, 6) is 2.22. The van der Waals surface area contributed by atoms with Gasteiger partial charge in [-0.15, -0.1) is 0 Å². The molecular weight excluding hydrogens is 356 g/mol. The van der Waals surface area contributed by atoms with Crippen molar-refractivity contribution in [1.82, 2.24) is 0 Å². The predicted molar refractivity (Wildman–Crippen MR) is 115 cm³/mol. The Balaban J connectivity index is 1.39. The number of ketones is 1. The molecule has 2 heteroatoms. The maximum Gasteiger partial charge on any atom is 0.139 e. The Morgan fingerprint density at radius 3 is 2.66 bits per heavy atom. The highest BCUT2D eigenvalue weighted by Gasteiger charge is 2.58. The largest absolute Gasteiger partial charge is 0.365 e. The van der Waals surface area contributed by atoms with Gasteiger partial charge in [-0.1, -0.05) is 56.3 Å². The molecule has 2 aromatic rings. The summed E-state index contributed by atoms with van der Waals surface area (Å²) in [6, 6.07) is 15.2. The number of Topliss-reactive ketones (excluding diaryl/α,β-unsaturated/α-hetero) is 1. The topological polar surface area (TPSA) is 26.3 Å². The van der Waals surface area contributed by atoms with Crippen molar-refractivity contribution in [1.29, 1.82) is 0 Å². The average Bonchev–Trinajstić information content (AvgIpc) is 3.14. The van der Waals surface area contributed by atoms with Crippen LogP contribution in [0.4, 0.5) is 0 Å². The smallest absolute Gasteiger partial charge is 0.139 e. The Bertz CT molecular complexity index is 1020. The van der Waals surface area contributed by atoms with E-state index in [1.165, 1.54) is 28.3 Å². The summed E-state index contributed by atoms with van der Waals surface area (Å²) in [7, 11) is 0. The van der Waals surface area contributed by atoms with Crippen molar-refractivity contribution < 1.29 is 9.53 Å².